The summed E-state index contributed by atoms with van der Waals surface area (Å²) < 4.78 is 0. The van der Waals surface area contributed by atoms with Gasteiger partial charge in [-0.25, -0.2) is 0 Å². The van der Waals surface area contributed by atoms with Crippen LogP contribution in [0.2, 0.25) is 0 Å². The zero-order valence-electron chi connectivity index (χ0n) is 20.7. The molecule has 4 aliphatic rings. The van der Waals surface area contributed by atoms with Crippen LogP contribution in [0, 0.1) is 28.6 Å². The zero-order chi connectivity index (χ0) is 23.7. The van der Waals surface area contributed by atoms with Gasteiger partial charge in [-0.15, -0.1) is 0 Å². The number of aliphatic hydroxyl groups excluding tert-OH is 1. The Bertz CT molecular complexity index is 794. The van der Waals surface area contributed by atoms with Crippen LogP contribution in [0.3, 0.4) is 0 Å². The predicted octanol–water partition coefficient (Wildman–Crippen LogP) is 3.91. The van der Waals surface area contributed by atoms with Gasteiger partial charge < -0.3 is 20.4 Å². The van der Waals surface area contributed by atoms with Gasteiger partial charge in [0.25, 0.3) is 0 Å². The summed E-state index contributed by atoms with van der Waals surface area (Å²) >= 11 is 0. The summed E-state index contributed by atoms with van der Waals surface area (Å²) in [5.41, 5.74) is -2.53. The second-order valence-corrected chi connectivity index (χ2v) is 13.0. The number of ketones is 1. The number of carbonyl (C=O) groups is 1. The van der Waals surface area contributed by atoms with E-state index in [0.29, 0.717) is 25.7 Å². The monoisotopic (exact) mass is 448 g/mol. The van der Waals surface area contributed by atoms with Crippen LogP contribution in [0.4, 0.5) is 0 Å². The molecule has 0 spiro atoms. The van der Waals surface area contributed by atoms with E-state index in [9.17, 15) is 25.2 Å². The van der Waals surface area contributed by atoms with Crippen molar-refractivity contribution in [3.05, 3.63) is 11.6 Å². The minimum atomic E-state index is -1.07. The molecule has 4 rings (SSSR count). The van der Waals surface area contributed by atoms with E-state index in [1.54, 1.807) is 19.9 Å². The molecular formula is C27H44O5. The summed E-state index contributed by atoms with van der Waals surface area (Å²) in [4.78, 5) is 13.2. The van der Waals surface area contributed by atoms with Crippen LogP contribution >= 0.6 is 0 Å². The van der Waals surface area contributed by atoms with E-state index in [0.717, 1.165) is 44.1 Å². The van der Waals surface area contributed by atoms with E-state index >= 15 is 0 Å². The van der Waals surface area contributed by atoms with E-state index in [1.165, 1.54) is 0 Å². The molecule has 5 heteroatoms. The van der Waals surface area contributed by atoms with Gasteiger partial charge in [0.1, 0.15) is 0 Å². The molecule has 2 unspecified atom stereocenters. The predicted molar refractivity (Wildman–Crippen MR) is 124 cm³/mol. The fraction of sp³-hybridized carbons (Fsp3) is 0.889. The normalized spacial score (nSPS) is 46.0. The van der Waals surface area contributed by atoms with E-state index in [-0.39, 0.29) is 29.0 Å². The number of hydrogen-bond donors (Lipinski definition) is 4. The SMILES string of the molecule is CC(C)(O)CCCC(C)(O)[C@@H]1CC[C@@]2(O)C3=CC(=O)[C@@H]4C[C@H](O)CC[C@]4(C)C3CC[C@]12C. The molecule has 182 valence electrons. The van der Waals surface area contributed by atoms with Crippen LogP contribution in [-0.2, 0) is 4.79 Å². The average molecular weight is 449 g/mol. The molecule has 0 aliphatic heterocycles. The molecule has 3 saturated carbocycles. The molecule has 0 amide bonds. The van der Waals surface area contributed by atoms with Crippen molar-refractivity contribution in [1.29, 1.82) is 0 Å². The molecule has 0 aromatic carbocycles. The number of aliphatic hydroxyl groups is 4. The first-order chi connectivity index (χ1) is 14.6. The largest absolute Gasteiger partial charge is 0.393 e. The Kier molecular flexibility index (Phi) is 5.81. The molecule has 0 aromatic rings. The van der Waals surface area contributed by atoms with Gasteiger partial charge in [-0.2, -0.15) is 0 Å². The van der Waals surface area contributed by atoms with Crippen LogP contribution in [0.25, 0.3) is 0 Å². The molecule has 0 heterocycles. The van der Waals surface area contributed by atoms with E-state index in [1.807, 2.05) is 6.92 Å². The van der Waals surface area contributed by atoms with Crippen LogP contribution < -0.4 is 0 Å². The van der Waals surface area contributed by atoms with Crippen molar-refractivity contribution >= 4 is 5.78 Å². The summed E-state index contributed by atoms with van der Waals surface area (Å²) in [7, 11) is 0. The molecule has 32 heavy (non-hydrogen) atoms. The lowest BCUT2D eigenvalue weighted by Gasteiger charge is -2.60. The third kappa shape index (κ3) is 3.62. The molecule has 3 fully saturated rings. The van der Waals surface area contributed by atoms with Crippen LogP contribution in [0.1, 0.15) is 98.8 Å². The molecule has 4 N–H and O–H groups in total. The fourth-order valence-electron chi connectivity index (χ4n) is 8.37. The fourth-order valence-corrected chi connectivity index (χ4v) is 8.37. The van der Waals surface area contributed by atoms with Crippen molar-refractivity contribution in [2.75, 3.05) is 0 Å². The molecule has 5 nitrogen and oxygen atoms in total. The maximum Gasteiger partial charge on any atom is 0.159 e. The highest BCUT2D eigenvalue weighted by Crippen LogP contribution is 2.68. The van der Waals surface area contributed by atoms with Gasteiger partial charge in [-0.3, -0.25) is 4.79 Å². The number of fused-ring (bicyclic) bond motifs is 5. The highest BCUT2D eigenvalue weighted by atomic mass is 16.3. The van der Waals surface area contributed by atoms with Gasteiger partial charge >= 0.3 is 0 Å². The Morgan fingerprint density at radius 3 is 2.34 bits per heavy atom. The lowest BCUT2D eigenvalue weighted by Crippen LogP contribution is -2.60. The van der Waals surface area contributed by atoms with Gasteiger partial charge in [0.2, 0.25) is 0 Å². The number of allylic oxidation sites excluding steroid dienone is 1. The first-order valence-corrected chi connectivity index (χ1v) is 12.8. The maximum absolute atomic E-state index is 13.2. The number of hydrogen-bond acceptors (Lipinski definition) is 5. The van der Waals surface area contributed by atoms with Crippen LogP contribution in [0.5, 0.6) is 0 Å². The Morgan fingerprint density at radius 2 is 1.69 bits per heavy atom. The quantitative estimate of drug-likeness (QED) is 0.511. The van der Waals surface area contributed by atoms with Gasteiger partial charge in [-0.05, 0) is 114 Å². The summed E-state index contributed by atoms with van der Waals surface area (Å²) in [6, 6.07) is 0. The van der Waals surface area contributed by atoms with Crippen molar-refractivity contribution in [3.63, 3.8) is 0 Å². The number of rotatable bonds is 5. The minimum absolute atomic E-state index is 0.0579. The van der Waals surface area contributed by atoms with Crippen molar-refractivity contribution in [3.8, 4) is 0 Å². The van der Waals surface area contributed by atoms with Crippen LogP contribution in [0.15, 0.2) is 11.6 Å². The van der Waals surface area contributed by atoms with Crippen molar-refractivity contribution < 1.29 is 25.2 Å². The Balaban J connectivity index is 1.63. The maximum atomic E-state index is 13.2. The number of carbonyl (C=O) groups excluding carboxylic acids is 1. The second kappa shape index (κ2) is 7.63. The first-order valence-electron chi connectivity index (χ1n) is 12.8. The molecule has 0 bridgehead atoms. The Morgan fingerprint density at radius 1 is 1.00 bits per heavy atom. The summed E-state index contributed by atoms with van der Waals surface area (Å²) in [5.74, 6) is 0.0118. The summed E-state index contributed by atoms with van der Waals surface area (Å²) in [6.45, 7) is 9.80. The van der Waals surface area contributed by atoms with E-state index < -0.39 is 28.3 Å². The molecule has 0 radical (unpaired) electrons. The smallest absolute Gasteiger partial charge is 0.159 e. The van der Waals surface area contributed by atoms with Gasteiger partial charge in [-0.1, -0.05) is 13.8 Å². The third-order valence-corrected chi connectivity index (χ3v) is 10.3. The lowest BCUT2D eigenvalue weighted by molar-refractivity contribution is -0.150. The highest BCUT2D eigenvalue weighted by Gasteiger charge is 2.67. The minimum Gasteiger partial charge on any atom is -0.393 e. The van der Waals surface area contributed by atoms with E-state index in [4.69, 9.17) is 0 Å². The molecule has 0 aromatic heterocycles. The van der Waals surface area contributed by atoms with Crippen molar-refractivity contribution in [1.82, 2.24) is 0 Å². The van der Waals surface area contributed by atoms with Gasteiger partial charge in [0.05, 0.1) is 22.9 Å². The average Bonchev–Trinajstić information content (AvgIpc) is 2.95. The summed E-state index contributed by atoms with van der Waals surface area (Å²) in [6.07, 6.45) is 8.41. The third-order valence-electron chi connectivity index (χ3n) is 10.3. The second-order valence-electron chi connectivity index (χ2n) is 13.0. The van der Waals surface area contributed by atoms with Gasteiger partial charge in [0.15, 0.2) is 5.78 Å². The van der Waals surface area contributed by atoms with Gasteiger partial charge in [0, 0.05) is 11.3 Å². The molecule has 4 aliphatic carbocycles. The topological polar surface area (TPSA) is 98.0 Å². The molecule has 8 atom stereocenters. The highest BCUT2D eigenvalue weighted by molar-refractivity contribution is 5.95. The standard InChI is InChI=1S/C27H44O5/c1-23(2,30)10-6-11-26(5,31)22-9-14-27(32)19-16-21(29)20-15-17(28)7-12-24(20,3)18(19)8-13-25(22,27)4/h16-18,20,22,28,30-32H,6-15H2,1-5H3/t17-,18?,20+,22-,24-,25-,26?,27-/m1/s1. The first kappa shape index (κ1) is 24.4. The van der Waals surface area contributed by atoms with Crippen LogP contribution in [-0.4, -0.2) is 49.1 Å². The Labute approximate surface area is 193 Å². The van der Waals surface area contributed by atoms with E-state index in [2.05, 4.69) is 13.8 Å². The summed E-state index contributed by atoms with van der Waals surface area (Å²) in [5, 5.41) is 44.0. The molecular weight excluding hydrogens is 404 g/mol. The molecule has 0 saturated heterocycles. The zero-order valence-corrected chi connectivity index (χ0v) is 20.7. The Hall–Kier alpha value is -0.750. The van der Waals surface area contributed by atoms with Crippen molar-refractivity contribution in [2.24, 2.45) is 28.6 Å². The van der Waals surface area contributed by atoms with Crippen molar-refractivity contribution in [2.45, 2.75) is 122 Å². The lowest BCUT2D eigenvalue weighted by atomic mass is 9.46.